The monoisotopic (exact) mass is 342 g/mol. The summed E-state index contributed by atoms with van der Waals surface area (Å²) < 4.78 is 4.50. The number of nitrogens with zero attached hydrogens (tertiary/aromatic N) is 3. The molecule has 0 unspecified atom stereocenters. The Bertz CT molecular complexity index is 1090. The number of hydrogen-bond donors (Lipinski definition) is 0. The van der Waals surface area contributed by atoms with Crippen molar-refractivity contribution in [2.75, 3.05) is 19.1 Å². The highest BCUT2D eigenvalue weighted by atomic mass is 15.5. The summed E-state index contributed by atoms with van der Waals surface area (Å²) in [6.45, 7) is 3.18. The molecule has 1 aromatic heterocycles. The van der Waals surface area contributed by atoms with Crippen LogP contribution in [-0.4, -0.2) is 29.6 Å². The molecule has 26 heavy (non-hydrogen) atoms. The maximum absolute atomic E-state index is 2.38. The molecule has 3 aromatic carbocycles. The number of hydrazine groups is 1. The summed E-state index contributed by atoms with van der Waals surface area (Å²) in [6.07, 6.45) is 2.17. The zero-order chi connectivity index (χ0) is 18.1. The van der Waals surface area contributed by atoms with Crippen LogP contribution in [0.5, 0.6) is 0 Å². The Hall–Kier alpha value is -3.07. The van der Waals surface area contributed by atoms with Gasteiger partial charge >= 0.3 is 0 Å². The largest absolute Gasteiger partial charge is 0.341 e. The molecule has 0 radical (unpaired) electrons. The van der Waals surface area contributed by atoms with Crippen molar-refractivity contribution in [2.24, 2.45) is 0 Å². The molecule has 130 valence electrons. The molecule has 0 spiro atoms. The van der Waals surface area contributed by atoms with Gasteiger partial charge in [-0.15, -0.1) is 4.68 Å². The third kappa shape index (κ3) is 2.76. The third-order valence-electron chi connectivity index (χ3n) is 5.05. The number of aromatic nitrogens is 1. The molecule has 3 heteroatoms. The Balaban J connectivity index is 1.79. The molecule has 0 saturated carbocycles. The van der Waals surface area contributed by atoms with E-state index in [9.17, 15) is 0 Å². The van der Waals surface area contributed by atoms with Gasteiger partial charge in [0.2, 0.25) is 6.21 Å². The summed E-state index contributed by atoms with van der Waals surface area (Å²) in [6, 6.07) is 25.8. The van der Waals surface area contributed by atoms with Crippen molar-refractivity contribution in [1.82, 2.24) is 4.57 Å². The average Bonchev–Trinajstić information content (AvgIpc) is 3.01. The van der Waals surface area contributed by atoms with Gasteiger partial charge < -0.3 is 4.57 Å². The smallest absolute Gasteiger partial charge is 0.200 e. The molecule has 0 bridgehead atoms. The Kier molecular flexibility index (Phi) is 4.21. The SMILES string of the molecule is CCn1c2ccccc2c2cc(/C=[N+](\C)N(C)c3ccccc3)ccc21. The van der Waals surface area contributed by atoms with Crippen molar-refractivity contribution in [1.29, 1.82) is 0 Å². The van der Waals surface area contributed by atoms with Crippen LogP contribution < -0.4 is 5.01 Å². The molecular formula is C23H24N3+. The molecular weight excluding hydrogens is 318 g/mol. The minimum Gasteiger partial charge on any atom is -0.341 e. The van der Waals surface area contributed by atoms with Gasteiger partial charge in [0.1, 0.15) is 0 Å². The Morgan fingerprint density at radius 3 is 2.35 bits per heavy atom. The number of anilines is 1. The average molecular weight is 342 g/mol. The van der Waals surface area contributed by atoms with Crippen LogP contribution in [0.4, 0.5) is 5.69 Å². The van der Waals surface area contributed by atoms with Crippen molar-refractivity contribution in [2.45, 2.75) is 13.5 Å². The highest BCUT2D eigenvalue weighted by molar-refractivity contribution is 6.09. The van der Waals surface area contributed by atoms with Crippen molar-refractivity contribution < 1.29 is 4.68 Å². The van der Waals surface area contributed by atoms with E-state index >= 15 is 0 Å². The predicted molar refractivity (Wildman–Crippen MR) is 111 cm³/mol. The fourth-order valence-corrected chi connectivity index (χ4v) is 3.62. The minimum atomic E-state index is 0.976. The Morgan fingerprint density at radius 1 is 0.885 bits per heavy atom. The number of hydrogen-bond acceptors (Lipinski definition) is 1. The van der Waals surface area contributed by atoms with Gasteiger partial charge in [0.25, 0.3) is 0 Å². The van der Waals surface area contributed by atoms with Gasteiger partial charge in [-0.2, -0.15) is 5.01 Å². The molecule has 3 nitrogen and oxygen atoms in total. The number of aryl methyl sites for hydroxylation is 1. The number of para-hydroxylation sites is 2. The molecule has 0 aliphatic rings. The van der Waals surface area contributed by atoms with Crippen LogP contribution in [0.3, 0.4) is 0 Å². The van der Waals surface area contributed by atoms with Gasteiger partial charge in [0, 0.05) is 33.9 Å². The van der Waals surface area contributed by atoms with Gasteiger partial charge in [0.05, 0.1) is 12.7 Å². The summed E-state index contributed by atoms with van der Waals surface area (Å²) >= 11 is 0. The summed E-state index contributed by atoms with van der Waals surface area (Å²) in [5.41, 5.74) is 4.96. The van der Waals surface area contributed by atoms with Crippen LogP contribution in [0.2, 0.25) is 0 Å². The minimum absolute atomic E-state index is 0.976. The van der Waals surface area contributed by atoms with Crippen molar-refractivity contribution in [3.05, 3.63) is 78.4 Å². The fraction of sp³-hybridized carbons (Fsp3) is 0.174. The van der Waals surface area contributed by atoms with Crippen LogP contribution in [0, 0.1) is 0 Å². The van der Waals surface area contributed by atoms with Crippen LogP contribution in [0.15, 0.2) is 72.8 Å². The van der Waals surface area contributed by atoms with Crippen LogP contribution in [0.25, 0.3) is 21.8 Å². The van der Waals surface area contributed by atoms with Crippen molar-refractivity contribution >= 4 is 33.7 Å². The molecule has 0 atom stereocenters. The van der Waals surface area contributed by atoms with E-state index in [0.717, 1.165) is 12.2 Å². The summed E-state index contributed by atoms with van der Waals surface area (Å²) in [7, 11) is 4.15. The predicted octanol–water partition coefficient (Wildman–Crippen LogP) is 4.93. The molecule has 0 aliphatic heterocycles. The Labute approximate surface area is 154 Å². The number of rotatable bonds is 4. The summed E-state index contributed by atoms with van der Waals surface area (Å²) in [5.74, 6) is 0. The zero-order valence-electron chi connectivity index (χ0n) is 15.6. The third-order valence-corrected chi connectivity index (χ3v) is 5.05. The molecule has 0 N–H and O–H groups in total. The lowest BCUT2D eigenvalue weighted by Gasteiger charge is -2.13. The zero-order valence-corrected chi connectivity index (χ0v) is 15.6. The van der Waals surface area contributed by atoms with Gasteiger partial charge in [-0.05, 0) is 43.3 Å². The van der Waals surface area contributed by atoms with E-state index in [1.54, 1.807) is 0 Å². The normalized spacial score (nSPS) is 12.0. The van der Waals surface area contributed by atoms with Crippen molar-refractivity contribution in [3.8, 4) is 0 Å². The first kappa shape index (κ1) is 16.4. The van der Waals surface area contributed by atoms with Crippen LogP contribution >= 0.6 is 0 Å². The first-order valence-electron chi connectivity index (χ1n) is 9.06. The molecule has 0 amide bonds. The maximum Gasteiger partial charge on any atom is 0.200 e. The lowest BCUT2D eigenvalue weighted by Crippen LogP contribution is -2.29. The van der Waals surface area contributed by atoms with Gasteiger partial charge in [-0.1, -0.05) is 36.4 Å². The van der Waals surface area contributed by atoms with E-state index in [0.29, 0.717) is 0 Å². The van der Waals surface area contributed by atoms with E-state index in [1.807, 2.05) is 6.07 Å². The van der Waals surface area contributed by atoms with Gasteiger partial charge in [0.15, 0.2) is 7.05 Å². The Morgan fingerprint density at radius 2 is 1.58 bits per heavy atom. The molecule has 0 aliphatic carbocycles. The second-order valence-electron chi connectivity index (χ2n) is 6.60. The lowest BCUT2D eigenvalue weighted by molar-refractivity contribution is -0.502. The van der Waals surface area contributed by atoms with E-state index in [-0.39, 0.29) is 0 Å². The fourth-order valence-electron chi connectivity index (χ4n) is 3.62. The second kappa shape index (κ2) is 6.68. The van der Waals surface area contributed by atoms with Crippen LogP contribution in [0.1, 0.15) is 12.5 Å². The highest BCUT2D eigenvalue weighted by Gasteiger charge is 2.12. The number of hydrazone groups is 1. The lowest BCUT2D eigenvalue weighted by atomic mass is 10.1. The van der Waals surface area contributed by atoms with E-state index < -0.39 is 0 Å². The van der Waals surface area contributed by atoms with E-state index in [2.05, 4.69) is 108 Å². The second-order valence-corrected chi connectivity index (χ2v) is 6.60. The van der Waals surface area contributed by atoms with Crippen molar-refractivity contribution in [3.63, 3.8) is 0 Å². The number of benzene rings is 3. The molecule has 4 rings (SSSR count). The maximum atomic E-state index is 2.38. The molecule has 0 fully saturated rings. The van der Waals surface area contributed by atoms with E-state index in [4.69, 9.17) is 0 Å². The summed E-state index contributed by atoms with van der Waals surface area (Å²) in [4.78, 5) is 0. The van der Waals surface area contributed by atoms with Gasteiger partial charge in [-0.3, -0.25) is 0 Å². The topological polar surface area (TPSA) is 11.2 Å². The highest BCUT2D eigenvalue weighted by Crippen LogP contribution is 2.29. The molecule has 1 heterocycles. The number of fused-ring (bicyclic) bond motifs is 3. The first-order chi connectivity index (χ1) is 12.7. The summed E-state index contributed by atoms with van der Waals surface area (Å²) in [5, 5.41) is 4.77. The van der Waals surface area contributed by atoms with E-state index in [1.165, 1.54) is 27.4 Å². The molecule has 0 saturated heterocycles. The quantitative estimate of drug-likeness (QED) is 0.291. The molecule has 4 aromatic rings. The first-order valence-corrected chi connectivity index (χ1v) is 9.06. The van der Waals surface area contributed by atoms with Crippen LogP contribution in [-0.2, 0) is 6.54 Å². The standard InChI is InChI=1S/C23H24N3/c1-4-26-22-13-9-8-12-20(22)21-16-18(14-15-23(21)26)17-24(2)25(3)19-10-6-5-7-11-19/h5-17H,4H2,1-3H3/q+1. The van der Waals surface area contributed by atoms with Gasteiger partial charge in [-0.25, -0.2) is 0 Å².